The number of aliphatic hydroxyl groups is 1. The van der Waals surface area contributed by atoms with Gasteiger partial charge in [0.15, 0.2) is 0 Å². The van der Waals surface area contributed by atoms with Crippen molar-refractivity contribution in [3.63, 3.8) is 0 Å². The third-order valence-electron chi connectivity index (χ3n) is 1.75. The second-order valence-corrected chi connectivity index (χ2v) is 2.59. The molecule has 0 fully saturated rings. The molecule has 1 N–H and O–H groups in total. The Kier molecular flexibility index (Phi) is 3.48. The lowest BCUT2D eigenvalue weighted by Gasteiger charge is -2.03. The number of pyridine rings is 1. The zero-order chi connectivity index (χ0) is 8.81. The maximum Gasteiger partial charge on any atom is 0.0855 e. The van der Waals surface area contributed by atoms with E-state index in [0.717, 1.165) is 24.1 Å². The Labute approximate surface area is 72.6 Å². The van der Waals surface area contributed by atoms with Crippen LogP contribution >= 0.6 is 0 Å². The van der Waals surface area contributed by atoms with Crippen molar-refractivity contribution in [2.24, 2.45) is 0 Å². The Morgan fingerprint density at radius 3 is 3.08 bits per heavy atom. The number of rotatable bonds is 4. The minimum Gasteiger partial charge on any atom is -0.390 e. The minimum atomic E-state index is 0.0211. The van der Waals surface area contributed by atoms with Gasteiger partial charge < -0.3 is 5.11 Å². The van der Waals surface area contributed by atoms with Crippen LogP contribution in [0.5, 0.6) is 0 Å². The van der Waals surface area contributed by atoms with Gasteiger partial charge in [-0.15, -0.1) is 6.58 Å². The third kappa shape index (κ3) is 2.17. The van der Waals surface area contributed by atoms with E-state index in [4.69, 9.17) is 5.11 Å². The van der Waals surface area contributed by atoms with Crippen molar-refractivity contribution >= 4 is 0 Å². The van der Waals surface area contributed by atoms with E-state index in [2.05, 4.69) is 11.6 Å². The summed E-state index contributed by atoms with van der Waals surface area (Å²) < 4.78 is 0. The van der Waals surface area contributed by atoms with E-state index in [-0.39, 0.29) is 6.61 Å². The van der Waals surface area contributed by atoms with Gasteiger partial charge in [0.25, 0.3) is 0 Å². The van der Waals surface area contributed by atoms with Crippen LogP contribution in [-0.2, 0) is 13.0 Å². The molecule has 12 heavy (non-hydrogen) atoms. The molecule has 0 aliphatic carbocycles. The predicted molar refractivity (Wildman–Crippen MR) is 48.7 cm³/mol. The van der Waals surface area contributed by atoms with Crippen LogP contribution in [0.1, 0.15) is 17.7 Å². The van der Waals surface area contributed by atoms with E-state index in [1.807, 2.05) is 18.2 Å². The first-order chi connectivity index (χ1) is 5.88. The lowest BCUT2D eigenvalue weighted by Crippen LogP contribution is -1.96. The Morgan fingerprint density at radius 1 is 1.58 bits per heavy atom. The average molecular weight is 163 g/mol. The lowest BCUT2D eigenvalue weighted by atomic mass is 10.1. The van der Waals surface area contributed by atoms with Gasteiger partial charge in [0.1, 0.15) is 0 Å². The molecule has 0 saturated heterocycles. The van der Waals surface area contributed by atoms with Gasteiger partial charge in [0.2, 0.25) is 0 Å². The minimum absolute atomic E-state index is 0.0211. The number of allylic oxidation sites excluding steroid dienone is 1. The first-order valence-electron chi connectivity index (χ1n) is 4.03. The number of hydrogen-bond donors (Lipinski definition) is 1. The van der Waals surface area contributed by atoms with Gasteiger partial charge in [-0.1, -0.05) is 12.1 Å². The van der Waals surface area contributed by atoms with E-state index in [0.29, 0.717) is 0 Å². The summed E-state index contributed by atoms with van der Waals surface area (Å²) in [7, 11) is 0. The van der Waals surface area contributed by atoms with Crippen LogP contribution in [0.4, 0.5) is 0 Å². The SMILES string of the molecule is C=CCCc1cccnc1CO. The van der Waals surface area contributed by atoms with Gasteiger partial charge in [-0.3, -0.25) is 4.98 Å². The Hall–Kier alpha value is -1.15. The molecule has 0 unspecified atom stereocenters. The average Bonchev–Trinajstić information content (AvgIpc) is 2.15. The number of aromatic nitrogens is 1. The molecule has 0 bridgehead atoms. The van der Waals surface area contributed by atoms with Crippen molar-refractivity contribution in [3.05, 3.63) is 42.2 Å². The Bertz CT molecular complexity index is 258. The standard InChI is InChI=1S/C10H13NO/c1-2-3-5-9-6-4-7-11-10(9)8-12/h2,4,6-7,12H,1,3,5,8H2. The highest BCUT2D eigenvalue weighted by atomic mass is 16.3. The summed E-state index contributed by atoms with van der Waals surface area (Å²) in [6.45, 7) is 3.67. The van der Waals surface area contributed by atoms with Crippen LogP contribution in [0.2, 0.25) is 0 Å². The predicted octanol–water partition coefficient (Wildman–Crippen LogP) is 1.69. The van der Waals surface area contributed by atoms with Crippen LogP contribution in [0.3, 0.4) is 0 Å². The molecule has 0 aliphatic heterocycles. The summed E-state index contributed by atoms with van der Waals surface area (Å²) in [5.74, 6) is 0. The van der Waals surface area contributed by atoms with E-state index in [1.165, 1.54) is 0 Å². The molecule has 2 heteroatoms. The lowest BCUT2D eigenvalue weighted by molar-refractivity contribution is 0.275. The molecule has 1 heterocycles. The fourth-order valence-electron chi connectivity index (χ4n) is 1.10. The monoisotopic (exact) mass is 163 g/mol. The fraction of sp³-hybridized carbons (Fsp3) is 0.300. The highest BCUT2D eigenvalue weighted by Gasteiger charge is 1.99. The van der Waals surface area contributed by atoms with Gasteiger partial charge in [0, 0.05) is 6.20 Å². The molecular weight excluding hydrogens is 150 g/mol. The smallest absolute Gasteiger partial charge is 0.0855 e. The molecule has 2 nitrogen and oxygen atoms in total. The molecule has 1 aromatic rings. The Morgan fingerprint density at radius 2 is 2.42 bits per heavy atom. The summed E-state index contributed by atoms with van der Waals surface area (Å²) in [6.07, 6.45) is 5.41. The molecule has 0 radical (unpaired) electrons. The molecule has 64 valence electrons. The van der Waals surface area contributed by atoms with Gasteiger partial charge in [-0.25, -0.2) is 0 Å². The number of nitrogens with zero attached hydrogens (tertiary/aromatic N) is 1. The Balaban J connectivity index is 2.74. The maximum absolute atomic E-state index is 8.93. The molecule has 0 aromatic carbocycles. The zero-order valence-corrected chi connectivity index (χ0v) is 7.03. The van der Waals surface area contributed by atoms with Crippen LogP contribution in [0, 0.1) is 0 Å². The molecule has 1 rings (SSSR count). The normalized spacial score (nSPS) is 9.75. The van der Waals surface area contributed by atoms with Crippen molar-refractivity contribution < 1.29 is 5.11 Å². The summed E-state index contributed by atoms with van der Waals surface area (Å²) >= 11 is 0. The van der Waals surface area contributed by atoms with Gasteiger partial charge in [0.05, 0.1) is 12.3 Å². The van der Waals surface area contributed by atoms with Crippen LogP contribution in [0.15, 0.2) is 31.0 Å². The van der Waals surface area contributed by atoms with Gasteiger partial charge in [-0.05, 0) is 24.5 Å². The van der Waals surface area contributed by atoms with E-state index in [9.17, 15) is 0 Å². The van der Waals surface area contributed by atoms with Crippen molar-refractivity contribution in [2.75, 3.05) is 0 Å². The highest BCUT2D eigenvalue weighted by molar-refractivity contribution is 5.19. The fourth-order valence-corrected chi connectivity index (χ4v) is 1.10. The van der Waals surface area contributed by atoms with Gasteiger partial charge >= 0.3 is 0 Å². The van der Waals surface area contributed by atoms with Crippen molar-refractivity contribution in [3.8, 4) is 0 Å². The second-order valence-electron chi connectivity index (χ2n) is 2.59. The molecular formula is C10H13NO. The van der Waals surface area contributed by atoms with E-state index >= 15 is 0 Å². The molecule has 0 aliphatic rings. The topological polar surface area (TPSA) is 33.1 Å². The first-order valence-corrected chi connectivity index (χ1v) is 4.03. The molecule has 0 amide bonds. The van der Waals surface area contributed by atoms with E-state index < -0.39 is 0 Å². The summed E-state index contributed by atoms with van der Waals surface area (Å²) in [6, 6.07) is 3.87. The van der Waals surface area contributed by atoms with Crippen LogP contribution in [0.25, 0.3) is 0 Å². The zero-order valence-electron chi connectivity index (χ0n) is 7.03. The number of aliphatic hydroxyl groups excluding tert-OH is 1. The van der Waals surface area contributed by atoms with Crippen molar-refractivity contribution in [2.45, 2.75) is 19.4 Å². The molecule has 0 saturated carbocycles. The summed E-state index contributed by atoms with van der Waals surface area (Å²) in [5, 5.41) is 8.93. The van der Waals surface area contributed by atoms with Crippen LogP contribution < -0.4 is 0 Å². The second kappa shape index (κ2) is 4.67. The van der Waals surface area contributed by atoms with Gasteiger partial charge in [-0.2, -0.15) is 0 Å². The molecule has 0 atom stereocenters. The summed E-state index contributed by atoms with van der Waals surface area (Å²) in [4.78, 5) is 4.07. The van der Waals surface area contributed by atoms with Crippen molar-refractivity contribution in [1.29, 1.82) is 0 Å². The molecule has 0 spiro atoms. The van der Waals surface area contributed by atoms with E-state index in [1.54, 1.807) is 6.20 Å². The first kappa shape index (κ1) is 8.94. The third-order valence-corrected chi connectivity index (χ3v) is 1.75. The summed E-state index contributed by atoms with van der Waals surface area (Å²) in [5.41, 5.74) is 1.89. The maximum atomic E-state index is 8.93. The molecule has 1 aromatic heterocycles. The van der Waals surface area contributed by atoms with Crippen LogP contribution in [-0.4, -0.2) is 10.1 Å². The highest BCUT2D eigenvalue weighted by Crippen LogP contribution is 2.07. The quantitative estimate of drug-likeness (QED) is 0.685. The number of hydrogen-bond acceptors (Lipinski definition) is 2. The van der Waals surface area contributed by atoms with Crippen molar-refractivity contribution in [1.82, 2.24) is 4.98 Å². The number of aryl methyl sites for hydroxylation is 1. The largest absolute Gasteiger partial charge is 0.390 e.